The van der Waals surface area contributed by atoms with Gasteiger partial charge < -0.3 is 14.5 Å². The van der Waals surface area contributed by atoms with Crippen molar-refractivity contribution in [3.8, 4) is 5.75 Å². The van der Waals surface area contributed by atoms with E-state index in [2.05, 4.69) is 10.3 Å². The van der Waals surface area contributed by atoms with Crippen LogP contribution in [0, 0.1) is 0 Å². The summed E-state index contributed by atoms with van der Waals surface area (Å²) in [4.78, 5) is 39.1. The summed E-state index contributed by atoms with van der Waals surface area (Å²) in [7, 11) is 1.44. The van der Waals surface area contributed by atoms with Gasteiger partial charge in [0.2, 0.25) is 0 Å². The number of H-pyrrole nitrogens is 1. The van der Waals surface area contributed by atoms with E-state index in [9.17, 15) is 14.4 Å². The third-order valence-electron chi connectivity index (χ3n) is 4.47. The molecule has 2 aromatic carbocycles. The van der Waals surface area contributed by atoms with E-state index in [1.54, 1.807) is 18.2 Å². The van der Waals surface area contributed by atoms with Crippen molar-refractivity contribution in [2.75, 3.05) is 13.7 Å². The summed E-state index contributed by atoms with van der Waals surface area (Å²) in [6, 6.07) is 14.5. The van der Waals surface area contributed by atoms with E-state index in [4.69, 9.17) is 9.47 Å². The minimum Gasteiger partial charge on any atom is -0.496 e. The highest BCUT2D eigenvalue weighted by atomic mass is 16.5. The maximum Gasteiger partial charge on any atom is 0.306 e. The highest BCUT2D eigenvalue weighted by Gasteiger charge is 2.16. The van der Waals surface area contributed by atoms with Gasteiger partial charge in [0.15, 0.2) is 6.61 Å². The van der Waals surface area contributed by atoms with Crippen LogP contribution < -0.4 is 10.1 Å². The lowest BCUT2D eigenvalue weighted by Gasteiger charge is -2.08. The molecule has 0 fully saturated rings. The molecule has 0 saturated heterocycles. The average Bonchev–Trinajstić information content (AvgIpc) is 3.15. The fourth-order valence-corrected chi connectivity index (χ4v) is 3.04. The average molecular weight is 394 g/mol. The number of carbonyl (C=O) groups excluding carboxylic acids is 3. The van der Waals surface area contributed by atoms with E-state index in [0.29, 0.717) is 12.2 Å². The molecule has 0 saturated carbocycles. The largest absolute Gasteiger partial charge is 0.496 e. The van der Waals surface area contributed by atoms with Gasteiger partial charge in [-0.1, -0.05) is 30.3 Å². The van der Waals surface area contributed by atoms with Crippen LogP contribution in [0.4, 0.5) is 0 Å². The number of para-hydroxylation sites is 2. The van der Waals surface area contributed by atoms with E-state index in [0.717, 1.165) is 22.9 Å². The molecule has 2 N–H and O–H groups in total. The Balaban J connectivity index is 1.41. The lowest BCUT2D eigenvalue weighted by atomic mass is 10.1. The molecule has 1 aromatic heterocycles. The summed E-state index contributed by atoms with van der Waals surface area (Å²) in [6.45, 7) is -0.507. The van der Waals surface area contributed by atoms with Crippen molar-refractivity contribution < 1.29 is 23.9 Å². The zero-order chi connectivity index (χ0) is 20.6. The summed E-state index contributed by atoms with van der Waals surface area (Å²) in [6.07, 6.45) is 3.44. The Hall–Kier alpha value is -3.61. The summed E-state index contributed by atoms with van der Waals surface area (Å²) in [5.74, 6) is -1.43. The Kier molecular flexibility index (Phi) is 6.63. The Morgan fingerprint density at radius 3 is 2.62 bits per heavy atom. The molecule has 0 bridgehead atoms. The summed E-state index contributed by atoms with van der Waals surface area (Å²) in [5.41, 5.74) is 2.42. The van der Waals surface area contributed by atoms with E-state index < -0.39 is 24.4 Å². The number of nitrogens with one attached hydrogen (secondary N) is 2. The summed E-state index contributed by atoms with van der Waals surface area (Å²) in [5, 5.41) is 3.32. The monoisotopic (exact) mass is 394 g/mol. The molecule has 0 atom stereocenters. The number of hydrogen-bond acceptors (Lipinski definition) is 5. The molecule has 0 spiro atoms. The second kappa shape index (κ2) is 9.54. The van der Waals surface area contributed by atoms with Crippen LogP contribution in [0.25, 0.3) is 10.9 Å². The van der Waals surface area contributed by atoms with Gasteiger partial charge in [0.1, 0.15) is 5.75 Å². The minimum absolute atomic E-state index is 0.188. The molecule has 29 heavy (non-hydrogen) atoms. The van der Waals surface area contributed by atoms with Crippen molar-refractivity contribution in [2.24, 2.45) is 0 Å². The van der Waals surface area contributed by atoms with Gasteiger partial charge in [-0.25, -0.2) is 0 Å². The highest BCUT2D eigenvalue weighted by molar-refractivity contribution is 6.06. The number of aryl methyl sites for hydroxylation is 1. The molecule has 7 heteroatoms. The number of carbonyl (C=O) groups is 3. The molecule has 150 valence electrons. The lowest BCUT2D eigenvalue weighted by molar-refractivity contribution is -0.148. The summed E-state index contributed by atoms with van der Waals surface area (Å²) < 4.78 is 10.0. The van der Waals surface area contributed by atoms with Crippen LogP contribution in [0.3, 0.4) is 0 Å². The molecule has 0 unspecified atom stereocenters. The van der Waals surface area contributed by atoms with Gasteiger partial charge in [-0.15, -0.1) is 0 Å². The van der Waals surface area contributed by atoms with Crippen LogP contribution in [0.1, 0.15) is 28.8 Å². The molecule has 0 aliphatic carbocycles. The van der Waals surface area contributed by atoms with Crippen molar-refractivity contribution in [1.82, 2.24) is 10.3 Å². The Morgan fingerprint density at radius 1 is 1.03 bits per heavy atom. The second-order valence-electron chi connectivity index (χ2n) is 6.45. The molecular formula is C22H22N2O5. The van der Waals surface area contributed by atoms with Crippen LogP contribution in [0.15, 0.2) is 54.7 Å². The first-order valence-electron chi connectivity index (χ1n) is 9.26. The number of amides is 2. The molecule has 0 radical (unpaired) electrons. The van der Waals surface area contributed by atoms with E-state index in [1.165, 1.54) is 13.2 Å². The van der Waals surface area contributed by atoms with Gasteiger partial charge in [-0.3, -0.25) is 19.7 Å². The number of benzene rings is 2. The predicted octanol–water partition coefficient (Wildman–Crippen LogP) is 3.00. The standard InChI is InChI=1S/C22H22N2O5/c1-28-19-11-5-3-9-17(19)22(27)24-20(25)14-29-21(26)12-6-7-15-13-23-18-10-4-2-8-16(15)18/h2-5,8-11,13,23H,6-7,12,14H2,1H3,(H,24,25,27). The van der Waals surface area contributed by atoms with Crippen molar-refractivity contribution in [1.29, 1.82) is 0 Å². The predicted molar refractivity (Wildman–Crippen MR) is 108 cm³/mol. The SMILES string of the molecule is COc1ccccc1C(=O)NC(=O)COC(=O)CCCc1c[nH]c2ccccc12. The number of fused-ring (bicyclic) bond motifs is 1. The zero-order valence-corrected chi connectivity index (χ0v) is 16.1. The minimum atomic E-state index is -0.689. The second-order valence-corrected chi connectivity index (χ2v) is 6.45. The molecule has 7 nitrogen and oxygen atoms in total. The first-order chi connectivity index (χ1) is 14.1. The van der Waals surface area contributed by atoms with Gasteiger partial charge in [0.05, 0.1) is 12.7 Å². The zero-order valence-electron chi connectivity index (χ0n) is 16.1. The number of methoxy groups -OCH3 is 1. The van der Waals surface area contributed by atoms with Gasteiger partial charge >= 0.3 is 5.97 Å². The molecule has 1 heterocycles. The Labute approximate surface area is 168 Å². The maximum atomic E-state index is 12.1. The third-order valence-corrected chi connectivity index (χ3v) is 4.47. The molecule has 0 aliphatic rings. The van der Waals surface area contributed by atoms with Crippen molar-refractivity contribution in [2.45, 2.75) is 19.3 Å². The number of aromatic nitrogens is 1. The number of ether oxygens (including phenoxy) is 2. The van der Waals surface area contributed by atoms with E-state index in [-0.39, 0.29) is 12.0 Å². The number of aromatic amines is 1. The van der Waals surface area contributed by atoms with Crippen molar-refractivity contribution >= 4 is 28.7 Å². The topological polar surface area (TPSA) is 97.5 Å². The number of esters is 1. The first-order valence-corrected chi connectivity index (χ1v) is 9.26. The number of imide groups is 1. The molecule has 3 rings (SSSR count). The van der Waals surface area contributed by atoms with Gasteiger partial charge in [-0.05, 0) is 36.6 Å². The van der Waals surface area contributed by atoms with Crippen LogP contribution in [0.5, 0.6) is 5.75 Å². The van der Waals surface area contributed by atoms with Gasteiger partial charge in [-0.2, -0.15) is 0 Å². The highest BCUT2D eigenvalue weighted by Crippen LogP contribution is 2.19. The third kappa shape index (κ3) is 5.22. The van der Waals surface area contributed by atoms with Crippen LogP contribution in [-0.2, 0) is 20.7 Å². The molecule has 0 aliphatic heterocycles. The van der Waals surface area contributed by atoms with Crippen LogP contribution >= 0.6 is 0 Å². The quantitative estimate of drug-likeness (QED) is 0.573. The molecular weight excluding hydrogens is 372 g/mol. The fourth-order valence-electron chi connectivity index (χ4n) is 3.04. The van der Waals surface area contributed by atoms with E-state index >= 15 is 0 Å². The number of rotatable bonds is 8. The molecule has 3 aromatic rings. The maximum absolute atomic E-state index is 12.1. The normalized spacial score (nSPS) is 10.5. The Morgan fingerprint density at radius 2 is 1.79 bits per heavy atom. The van der Waals surface area contributed by atoms with E-state index in [1.807, 2.05) is 30.5 Å². The first kappa shape index (κ1) is 20.1. The van der Waals surface area contributed by atoms with Crippen LogP contribution in [0.2, 0.25) is 0 Å². The van der Waals surface area contributed by atoms with Crippen molar-refractivity contribution in [3.05, 3.63) is 65.9 Å². The van der Waals surface area contributed by atoms with Gasteiger partial charge in [0.25, 0.3) is 11.8 Å². The smallest absolute Gasteiger partial charge is 0.306 e. The Bertz CT molecular complexity index is 1020. The lowest BCUT2D eigenvalue weighted by Crippen LogP contribution is -2.34. The van der Waals surface area contributed by atoms with Gasteiger partial charge in [0, 0.05) is 23.5 Å². The molecule has 2 amide bonds. The fraction of sp³-hybridized carbons (Fsp3) is 0.227. The number of hydrogen-bond donors (Lipinski definition) is 2. The van der Waals surface area contributed by atoms with Crippen molar-refractivity contribution in [3.63, 3.8) is 0 Å². The summed E-state index contributed by atoms with van der Waals surface area (Å²) >= 11 is 0. The van der Waals surface area contributed by atoms with Crippen LogP contribution in [-0.4, -0.2) is 36.5 Å².